The van der Waals surface area contributed by atoms with Gasteiger partial charge in [-0.25, -0.2) is 17.9 Å². The average molecular weight is 445 g/mol. The third kappa shape index (κ3) is 3.74. The van der Waals surface area contributed by atoms with Gasteiger partial charge in [0.05, 0.1) is 22.3 Å². The van der Waals surface area contributed by atoms with Crippen LogP contribution in [0.3, 0.4) is 0 Å². The highest BCUT2D eigenvalue weighted by Crippen LogP contribution is 2.28. The van der Waals surface area contributed by atoms with E-state index in [1.165, 1.54) is 6.33 Å². The summed E-state index contributed by atoms with van der Waals surface area (Å²) in [5, 5.41) is 8.54. The molecule has 5 aromatic rings. The molecule has 5 rings (SSSR count). The molecule has 1 N–H and O–H groups in total. The number of nitrogens with one attached hydrogen (secondary N) is 1. The molecule has 0 aliphatic rings. The van der Waals surface area contributed by atoms with Gasteiger partial charge in [0, 0.05) is 41.8 Å². The zero-order chi connectivity index (χ0) is 22.3. The monoisotopic (exact) mass is 444 g/mol. The predicted molar refractivity (Wildman–Crippen MR) is 123 cm³/mol. The minimum absolute atomic E-state index is 0.223. The molecule has 0 saturated carbocycles. The molecule has 0 fully saturated rings. The van der Waals surface area contributed by atoms with Crippen LogP contribution in [0.1, 0.15) is 5.56 Å². The number of nitrogens with zero attached hydrogens (tertiary/aromatic N) is 5. The van der Waals surface area contributed by atoms with Crippen molar-refractivity contribution < 1.29 is 8.42 Å². The van der Waals surface area contributed by atoms with Gasteiger partial charge in [0.2, 0.25) is 0 Å². The van der Waals surface area contributed by atoms with E-state index in [1.807, 2.05) is 44.6 Å². The molecular weight excluding hydrogens is 424 g/mol. The van der Waals surface area contributed by atoms with Crippen molar-refractivity contribution in [1.29, 1.82) is 0 Å². The molecule has 0 saturated heterocycles. The first-order chi connectivity index (χ1) is 15.4. The number of benzene rings is 2. The van der Waals surface area contributed by atoms with E-state index in [0.717, 1.165) is 33.5 Å². The molecule has 160 valence electrons. The number of hydrogen-bond donors (Lipinski definition) is 1. The van der Waals surface area contributed by atoms with Gasteiger partial charge in [-0.3, -0.25) is 9.40 Å². The number of hydrogen-bond acceptors (Lipinski definition) is 5. The van der Waals surface area contributed by atoms with Crippen molar-refractivity contribution in [2.75, 3.05) is 4.72 Å². The predicted octanol–water partition coefficient (Wildman–Crippen LogP) is 3.91. The van der Waals surface area contributed by atoms with Gasteiger partial charge in [0.15, 0.2) is 0 Å². The first-order valence-electron chi connectivity index (χ1n) is 9.91. The highest BCUT2D eigenvalue weighted by Gasteiger charge is 2.15. The Hall–Kier alpha value is -3.98. The third-order valence-electron chi connectivity index (χ3n) is 5.19. The molecule has 2 aromatic carbocycles. The van der Waals surface area contributed by atoms with Crippen LogP contribution in [-0.4, -0.2) is 32.8 Å². The van der Waals surface area contributed by atoms with Gasteiger partial charge >= 0.3 is 0 Å². The second-order valence-corrected chi connectivity index (χ2v) is 9.25. The van der Waals surface area contributed by atoms with Gasteiger partial charge in [-0.1, -0.05) is 29.8 Å². The highest BCUT2D eigenvalue weighted by atomic mass is 32.2. The van der Waals surface area contributed by atoms with Gasteiger partial charge in [-0.05, 0) is 37.3 Å². The zero-order valence-electron chi connectivity index (χ0n) is 17.5. The van der Waals surface area contributed by atoms with Gasteiger partial charge in [-0.2, -0.15) is 10.2 Å². The van der Waals surface area contributed by atoms with Crippen molar-refractivity contribution in [3.05, 3.63) is 85.1 Å². The maximum absolute atomic E-state index is 12.6. The summed E-state index contributed by atoms with van der Waals surface area (Å²) in [4.78, 5) is 4.68. The molecule has 0 atom stereocenters. The van der Waals surface area contributed by atoms with Crippen LogP contribution in [0.2, 0.25) is 0 Å². The van der Waals surface area contributed by atoms with Crippen molar-refractivity contribution in [2.24, 2.45) is 7.05 Å². The topological polar surface area (TPSA) is 94.2 Å². The average Bonchev–Trinajstić information content (AvgIpc) is 3.40. The molecular formula is C23H20N6O2S. The van der Waals surface area contributed by atoms with Crippen LogP contribution in [0.5, 0.6) is 0 Å². The number of fused-ring (bicyclic) bond motifs is 1. The van der Waals surface area contributed by atoms with Crippen LogP contribution in [-0.2, 0) is 17.1 Å². The second-order valence-electron chi connectivity index (χ2n) is 7.57. The lowest BCUT2D eigenvalue weighted by atomic mass is 10.1. The van der Waals surface area contributed by atoms with Crippen molar-refractivity contribution in [3.8, 4) is 22.4 Å². The molecule has 0 unspecified atom stereocenters. The van der Waals surface area contributed by atoms with E-state index in [-0.39, 0.29) is 4.90 Å². The first kappa shape index (κ1) is 20.0. The fourth-order valence-electron chi connectivity index (χ4n) is 3.51. The summed E-state index contributed by atoms with van der Waals surface area (Å²) in [6, 6.07) is 15.9. The van der Waals surface area contributed by atoms with Crippen LogP contribution >= 0.6 is 0 Å². The molecule has 32 heavy (non-hydrogen) atoms. The standard InChI is InChI=1S/C23H20N6O2S/c1-16-3-9-21(10-4-16)32(30,31)27-20-7-5-17(6-8-20)23-22-11-18(14-29(22)26-15-24-23)19-12-25-28(2)13-19/h3-15,27H,1-2H3. The fourth-order valence-corrected chi connectivity index (χ4v) is 4.57. The molecule has 9 heteroatoms. The Bertz CT molecular complexity index is 1520. The minimum Gasteiger partial charge on any atom is -0.280 e. The number of sulfonamides is 1. The summed E-state index contributed by atoms with van der Waals surface area (Å²) in [7, 11) is -1.78. The summed E-state index contributed by atoms with van der Waals surface area (Å²) >= 11 is 0. The van der Waals surface area contributed by atoms with E-state index in [1.54, 1.807) is 51.8 Å². The van der Waals surface area contributed by atoms with Crippen LogP contribution in [0.15, 0.2) is 84.4 Å². The maximum atomic E-state index is 12.6. The Kier molecular flexibility index (Phi) is 4.75. The lowest BCUT2D eigenvalue weighted by molar-refractivity contribution is 0.601. The Morgan fingerprint density at radius 2 is 1.62 bits per heavy atom. The van der Waals surface area contributed by atoms with Crippen molar-refractivity contribution in [2.45, 2.75) is 11.8 Å². The third-order valence-corrected chi connectivity index (χ3v) is 6.58. The quantitative estimate of drug-likeness (QED) is 0.444. The lowest BCUT2D eigenvalue weighted by Gasteiger charge is -2.09. The fraction of sp³-hybridized carbons (Fsp3) is 0.0870. The Morgan fingerprint density at radius 1 is 0.875 bits per heavy atom. The largest absolute Gasteiger partial charge is 0.280 e. The van der Waals surface area contributed by atoms with Crippen LogP contribution in [0.4, 0.5) is 5.69 Å². The number of rotatable bonds is 5. The number of aromatic nitrogens is 5. The van der Waals surface area contributed by atoms with E-state index in [0.29, 0.717) is 5.69 Å². The van der Waals surface area contributed by atoms with Gasteiger partial charge in [-0.15, -0.1) is 0 Å². The van der Waals surface area contributed by atoms with Crippen LogP contribution < -0.4 is 4.72 Å². The van der Waals surface area contributed by atoms with E-state index in [2.05, 4.69) is 19.9 Å². The van der Waals surface area contributed by atoms with Gasteiger partial charge in [0.1, 0.15) is 6.33 Å². The van der Waals surface area contributed by atoms with Crippen LogP contribution in [0, 0.1) is 6.92 Å². The second kappa shape index (κ2) is 7.61. The maximum Gasteiger partial charge on any atom is 0.261 e. The normalized spacial score (nSPS) is 11.7. The van der Waals surface area contributed by atoms with E-state index in [9.17, 15) is 8.42 Å². The van der Waals surface area contributed by atoms with E-state index in [4.69, 9.17) is 0 Å². The van der Waals surface area contributed by atoms with Crippen LogP contribution in [0.25, 0.3) is 27.9 Å². The SMILES string of the molecule is Cc1ccc(S(=O)(=O)Nc2ccc(-c3ncnn4cc(-c5cnn(C)c5)cc34)cc2)cc1. The summed E-state index contributed by atoms with van der Waals surface area (Å²) in [6.45, 7) is 1.91. The van der Waals surface area contributed by atoms with Crippen molar-refractivity contribution in [3.63, 3.8) is 0 Å². The molecule has 0 aliphatic carbocycles. The minimum atomic E-state index is -3.66. The summed E-state index contributed by atoms with van der Waals surface area (Å²) in [6.07, 6.45) is 7.18. The van der Waals surface area contributed by atoms with Gasteiger partial charge in [0.25, 0.3) is 10.0 Å². The highest BCUT2D eigenvalue weighted by molar-refractivity contribution is 7.92. The zero-order valence-corrected chi connectivity index (χ0v) is 18.3. The molecule has 3 aromatic heterocycles. The smallest absolute Gasteiger partial charge is 0.261 e. The molecule has 8 nitrogen and oxygen atoms in total. The molecule has 0 aliphatic heterocycles. The molecule has 0 radical (unpaired) electrons. The summed E-state index contributed by atoms with van der Waals surface area (Å²) in [5.74, 6) is 0. The molecule has 0 bridgehead atoms. The van der Waals surface area contributed by atoms with Gasteiger partial charge < -0.3 is 0 Å². The Balaban J connectivity index is 1.45. The lowest BCUT2D eigenvalue weighted by Crippen LogP contribution is -2.12. The summed E-state index contributed by atoms with van der Waals surface area (Å²) in [5.41, 5.74) is 5.91. The van der Waals surface area contributed by atoms with E-state index < -0.39 is 10.0 Å². The van der Waals surface area contributed by atoms with E-state index >= 15 is 0 Å². The Labute approximate surface area is 185 Å². The van der Waals surface area contributed by atoms with Crippen molar-refractivity contribution >= 4 is 21.2 Å². The number of aryl methyl sites for hydroxylation is 2. The molecule has 0 amide bonds. The summed E-state index contributed by atoms with van der Waals surface area (Å²) < 4.78 is 31.4. The van der Waals surface area contributed by atoms with Crippen molar-refractivity contribution in [1.82, 2.24) is 24.4 Å². The molecule has 0 spiro atoms. The Morgan fingerprint density at radius 3 is 2.31 bits per heavy atom. The molecule has 3 heterocycles. The first-order valence-corrected chi connectivity index (χ1v) is 11.4. The number of anilines is 1.